The molecule has 4 aliphatic rings. The number of H-pyrrole nitrogens is 1. The first-order valence-corrected chi connectivity index (χ1v) is 17.4. The number of piperidine rings is 1. The number of sulfonamides is 1. The number of amides is 1. The van der Waals surface area contributed by atoms with E-state index in [9.17, 15) is 13.2 Å². The predicted molar refractivity (Wildman–Crippen MR) is 155 cm³/mol. The number of fused-ring (bicyclic) bond motifs is 2. The van der Waals surface area contributed by atoms with Gasteiger partial charge in [-0.05, 0) is 73.6 Å². The molecule has 0 radical (unpaired) electrons. The molecule has 1 spiro atoms. The Balaban J connectivity index is 1.32. The second kappa shape index (κ2) is 11.3. The number of nitrogens with zero attached hydrogens (tertiary/aromatic N) is 1. The maximum atomic E-state index is 14.7. The van der Waals surface area contributed by atoms with Crippen molar-refractivity contribution < 1.29 is 23.5 Å². The Hall–Kier alpha value is -2.00. The maximum absolute atomic E-state index is 14.7. The standard InChI is InChI=1S/C31H41ClN4O3S/c1-40(38,39)35-26-14-16-31(24-12-13-28(32)34-29(24)26)20-33-19-25(31)30(37)36-17-15-23(21-8-4-2-5-9-21)18-27(36)22-10-6-3-7-11-22/h2,4-5,8-9,12-13,22-23,25-27,33,35H,3,6-7,10-11,14-20H2,1H3/p+2/t23-,25+,26?,27+,31+/m1/s1. The molecule has 7 nitrogen and oxygen atoms in total. The van der Waals surface area contributed by atoms with Crippen LogP contribution in [0.2, 0.25) is 5.15 Å². The smallest absolute Gasteiger partial charge is 0.273 e. The minimum atomic E-state index is -3.41. The first-order chi connectivity index (χ1) is 19.2. The van der Waals surface area contributed by atoms with E-state index in [-0.39, 0.29) is 23.4 Å². The Morgan fingerprint density at radius 2 is 1.85 bits per heavy atom. The average molecular weight is 587 g/mol. The number of hydrogen-bond acceptors (Lipinski definition) is 3. The third-order valence-electron chi connectivity index (χ3n) is 10.3. The number of aromatic nitrogens is 1. The molecule has 3 fully saturated rings. The highest BCUT2D eigenvalue weighted by atomic mass is 35.5. The van der Waals surface area contributed by atoms with Crippen LogP contribution in [-0.4, -0.2) is 51.2 Å². The van der Waals surface area contributed by atoms with E-state index >= 15 is 0 Å². The lowest BCUT2D eigenvalue weighted by Gasteiger charge is -2.47. The van der Waals surface area contributed by atoms with Gasteiger partial charge in [-0.15, -0.1) is 0 Å². The highest BCUT2D eigenvalue weighted by Gasteiger charge is 2.58. The van der Waals surface area contributed by atoms with Gasteiger partial charge in [0.2, 0.25) is 21.6 Å². The first kappa shape index (κ1) is 28.1. The van der Waals surface area contributed by atoms with Crippen molar-refractivity contribution in [3.05, 3.63) is 64.4 Å². The van der Waals surface area contributed by atoms with Crippen molar-refractivity contribution in [2.75, 3.05) is 25.9 Å². The molecule has 6 rings (SSSR count). The van der Waals surface area contributed by atoms with Gasteiger partial charge in [-0.3, -0.25) is 4.79 Å². The van der Waals surface area contributed by atoms with Crippen LogP contribution in [0.5, 0.6) is 0 Å². The summed E-state index contributed by atoms with van der Waals surface area (Å²) in [7, 11) is -3.41. The fraction of sp³-hybridized carbons (Fsp3) is 0.613. The highest BCUT2D eigenvalue weighted by molar-refractivity contribution is 7.88. The third kappa shape index (κ3) is 5.44. The highest BCUT2D eigenvalue weighted by Crippen LogP contribution is 2.48. The normalized spacial score (nSPS) is 31.3. The van der Waals surface area contributed by atoms with Crippen LogP contribution in [0.15, 0.2) is 42.5 Å². The Morgan fingerprint density at radius 3 is 2.60 bits per heavy atom. The van der Waals surface area contributed by atoms with Crippen molar-refractivity contribution in [1.82, 2.24) is 9.62 Å². The Labute approximate surface area is 243 Å². The SMILES string of the molecule is CS(=O)(=O)NC1CC[C@]2(C[NH2+]C[C@H]2C(=O)N2CC[C@@H](c3ccccc3)C[C@H]2C2CCCCC2)c2ccc(Cl)[nH+]c21. The third-order valence-corrected chi connectivity index (χ3v) is 11.3. The predicted octanol–water partition coefficient (Wildman–Crippen LogP) is 3.32. The van der Waals surface area contributed by atoms with Crippen LogP contribution in [0.1, 0.15) is 86.6 Å². The minimum Gasteiger partial charge on any atom is -0.345 e. The summed E-state index contributed by atoms with van der Waals surface area (Å²) in [6.07, 6.45) is 10.9. The maximum Gasteiger partial charge on any atom is 0.273 e. The molecule has 1 unspecified atom stereocenters. The van der Waals surface area contributed by atoms with E-state index in [4.69, 9.17) is 11.6 Å². The van der Waals surface area contributed by atoms with Gasteiger partial charge in [-0.2, -0.15) is 4.98 Å². The number of nitrogens with two attached hydrogens (primary N) is 1. The summed E-state index contributed by atoms with van der Waals surface area (Å²) < 4.78 is 27.2. The fourth-order valence-corrected chi connectivity index (χ4v) is 9.42. The molecule has 40 heavy (non-hydrogen) atoms. The number of carbonyl (C=O) groups excluding carboxylic acids is 1. The summed E-state index contributed by atoms with van der Waals surface area (Å²) in [5.74, 6) is 1.22. The molecule has 216 valence electrons. The van der Waals surface area contributed by atoms with Gasteiger partial charge >= 0.3 is 0 Å². The number of benzene rings is 1. The van der Waals surface area contributed by atoms with Crippen LogP contribution in [0.4, 0.5) is 0 Å². The van der Waals surface area contributed by atoms with Crippen LogP contribution in [-0.2, 0) is 20.2 Å². The molecule has 1 amide bonds. The van der Waals surface area contributed by atoms with Crippen LogP contribution in [0.25, 0.3) is 0 Å². The Kier molecular flexibility index (Phi) is 7.98. The number of rotatable bonds is 5. The molecule has 5 atom stereocenters. The zero-order valence-electron chi connectivity index (χ0n) is 23.4. The van der Waals surface area contributed by atoms with Crippen LogP contribution < -0.4 is 15.0 Å². The van der Waals surface area contributed by atoms with Crippen LogP contribution in [0.3, 0.4) is 0 Å². The van der Waals surface area contributed by atoms with E-state index in [0.717, 1.165) is 50.2 Å². The van der Waals surface area contributed by atoms with Crippen molar-refractivity contribution in [1.29, 1.82) is 0 Å². The molecule has 1 aromatic carbocycles. The molecule has 2 aliphatic heterocycles. The lowest BCUT2D eigenvalue weighted by Crippen LogP contribution is -2.82. The van der Waals surface area contributed by atoms with Crippen molar-refractivity contribution in [3.63, 3.8) is 0 Å². The molecular weight excluding hydrogens is 544 g/mol. The van der Waals surface area contributed by atoms with Crippen molar-refractivity contribution in [2.24, 2.45) is 11.8 Å². The van der Waals surface area contributed by atoms with Gasteiger partial charge in [0.25, 0.3) is 5.15 Å². The summed E-state index contributed by atoms with van der Waals surface area (Å²) in [5, 5.41) is 2.76. The number of likely N-dealkylation sites (tertiary alicyclic amines) is 1. The zero-order chi connectivity index (χ0) is 27.9. The fourth-order valence-electron chi connectivity index (χ4n) is 8.50. The largest absolute Gasteiger partial charge is 0.345 e. The van der Waals surface area contributed by atoms with Gasteiger partial charge in [-0.25, -0.2) is 13.1 Å². The lowest BCUT2D eigenvalue weighted by molar-refractivity contribution is -0.640. The molecule has 2 aromatic rings. The van der Waals surface area contributed by atoms with Crippen molar-refractivity contribution in [2.45, 2.75) is 81.2 Å². The average Bonchev–Trinajstić information content (AvgIpc) is 3.38. The van der Waals surface area contributed by atoms with E-state index in [1.807, 2.05) is 12.1 Å². The van der Waals surface area contributed by atoms with E-state index in [1.165, 1.54) is 43.9 Å². The molecule has 4 N–H and O–H groups in total. The van der Waals surface area contributed by atoms with Crippen LogP contribution >= 0.6 is 11.6 Å². The molecule has 2 aliphatic carbocycles. The number of aromatic amines is 1. The molecule has 1 saturated carbocycles. The van der Waals surface area contributed by atoms with E-state index in [1.54, 1.807) is 0 Å². The zero-order valence-corrected chi connectivity index (χ0v) is 25.0. The lowest BCUT2D eigenvalue weighted by atomic mass is 9.64. The van der Waals surface area contributed by atoms with Gasteiger partial charge in [-0.1, -0.05) is 49.6 Å². The number of pyridine rings is 1. The molecular formula is C31H43ClN4O3S+2. The number of carbonyl (C=O) groups is 1. The quantitative estimate of drug-likeness (QED) is 0.526. The molecule has 2 saturated heterocycles. The van der Waals surface area contributed by atoms with Gasteiger partial charge in [0.05, 0.1) is 24.8 Å². The molecule has 3 heterocycles. The summed E-state index contributed by atoms with van der Waals surface area (Å²) in [6, 6.07) is 14.6. The van der Waals surface area contributed by atoms with Crippen LogP contribution in [0, 0.1) is 11.8 Å². The number of quaternary nitrogens is 1. The monoisotopic (exact) mass is 586 g/mol. The van der Waals surface area contributed by atoms with E-state index in [0.29, 0.717) is 29.3 Å². The second-order valence-electron chi connectivity index (χ2n) is 12.7. The van der Waals surface area contributed by atoms with Crippen molar-refractivity contribution in [3.8, 4) is 0 Å². The van der Waals surface area contributed by atoms with Gasteiger partial charge in [0, 0.05) is 24.2 Å². The minimum absolute atomic E-state index is 0.139. The van der Waals surface area contributed by atoms with Gasteiger partial charge in [0.15, 0.2) is 0 Å². The first-order valence-electron chi connectivity index (χ1n) is 15.1. The molecule has 1 aromatic heterocycles. The molecule has 9 heteroatoms. The summed E-state index contributed by atoms with van der Waals surface area (Å²) in [4.78, 5) is 20.3. The summed E-state index contributed by atoms with van der Waals surface area (Å²) in [6.45, 7) is 2.40. The van der Waals surface area contributed by atoms with Gasteiger partial charge in [0.1, 0.15) is 12.0 Å². The van der Waals surface area contributed by atoms with E-state index in [2.05, 4.69) is 50.3 Å². The number of halogens is 1. The number of hydrogen-bond donors (Lipinski definition) is 2. The topological polar surface area (TPSA) is 97.2 Å². The summed E-state index contributed by atoms with van der Waals surface area (Å²) >= 11 is 6.38. The Bertz CT molecular complexity index is 1330. The summed E-state index contributed by atoms with van der Waals surface area (Å²) in [5.41, 5.74) is 2.92. The Morgan fingerprint density at radius 1 is 1.07 bits per heavy atom. The van der Waals surface area contributed by atoms with Crippen molar-refractivity contribution >= 4 is 27.5 Å². The number of nitrogens with one attached hydrogen (secondary N) is 2. The van der Waals surface area contributed by atoms with E-state index < -0.39 is 10.0 Å². The van der Waals surface area contributed by atoms with Gasteiger partial charge < -0.3 is 10.2 Å². The molecule has 0 bridgehead atoms. The second-order valence-corrected chi connectivity index (χ2v) is 14.9.